The van der Waals surface area contributed by atoms with E-state index < -0.39 is 5.63 Å². The van der Waals surface area contributed by atoms with Crippen LogP contribution in [0, 0.1) is 0 Å². The van der Waals surface area contributed by atoms with Gasteiger partial charge in [-0.15, -0.1) is 0 Å². The number of halogens is 1. The lowest BCUT2D eigenvalue weighted by atomic mass is 10.1. The maximum absolute atomic E-state index is 11.8. The first-order valence-corrected chi connectivity index (χ1v) is 8.95. The maximum Gasteiger partial charge on any atom is 0.336 e. The first-order chi connectivity index (χ1) is 12.6. The number of para-hydroxylation sites is 1. The van der Waals surface area contributed by atoms with Crippen LogP contribution < -0.4 is 10.5 Å². The first-order valence-electron chi connectivity index (χ1n) is 8.58. The molecular formula is C20H19ClN2O3. The Morgan fingerprint density at radius 1 is 1.04 bits per heavy atom. The molecule has 0 spiro atoms. The second-order valence-electron chi connectivity index (χ2n) is 6.49. The molecule has 3 aromatic rings. The van der Waals surface area contributed by atoms with Gasteiger partial charge in [0.2, 0.25) is 0 Å². The van der Waals surface area contributed by atoms with E-state index in [-0.39, 0.29) is 5.75 Å². The van der Waals surface area contributed by atoms with Gasteiger partial charge in [0.15, 0.2) is 0 Å². The highest BCUT2D eigenvalue weighted by atomic mass is 35.5. The normalized spacial score (nSPS) is 15.5. The number of nitrogens with zero attached hydrogens (tertiary/aromatic N) is 2. The van der Waals surface area contributed by atoms with Crippen LogP contribution in [-0.2, 0) is 6.54 Å². The fraction of sp³-hybridized carbons (Fsp3) is 0.250. The summed E-state index contributed by atoms with van der Waals surface area (Å²) in [5, 5.41) is 11.2. The second kappa shape index (κ2) is 7.02. The van der Waals surface area contributed by atoms with Gasteiger partial charge in [0.1, 0.15) is 11.3 Å². The van der Waals surface area contributed by atoms with Crippen LogP contribution in [0.25, 0.3) is 11.0 Å². The molecule has 2 aromatic carbocycles. The molecule has 1 aliphatic heterocycles. The van der Waals surface area contributed by atoms with Crippen molar-refractivity contribution in [3.8, 4) is 5.75 Å². The Bertz CT molecular complexity index is 994. The lowest BCUT2D eigenvalue weighted by Crippen LogP contribution is -2.46. The molecule has 0 atom stereocenters. The molecule has 26 heavy (non-hydrogen) atoms. The van der Waals surface area contributed by atoms with Crippen molar-refractivity contribution in [1.82, 2.24) is 4.90 Å². The number of piperazine rings is 1. The fourth-order valence-electron chi connectivity index (χ4n) is 3.45. The number of rotatable bonds is 3. The molecule has 6 heteroatoms. The standard InChI is InChI=1S/C20H19ClN2O3/c21-17-3-1-2-4-18(17)23-9-7-22(8-10-23)13-14-11-20(25)26-19-12-15(24)5-6-16(14)19/h1-6,11-12,24H,7-10,13H2. The topological polar surface area (TPSA) is 56.9 Å². The fourth-order valence-corrected chi connectivity index (χ4v) is 3.70. The Morgan fingerprint density at radius 3 is 2.58 bits per heavy atom. The zero-order chi connectivity index (χ0) is 18.1. The van der Waals surface area contributed by atoms with E-state index in [4.69, 9.17) is 16.0 Å². The highest BCUT2D eigenvalue weighted by Gasteiger charge is 2.20. The molecule has 1 saturated heterocycles. The number of fused-ring (bicyclic) bond motifs is 1. The molecule has 1 aliphatic rings. The Labute approximate surface area is 156 Å². The number of phenols is 1. The van der Waals surface area contributed by atoms with Gasteiger partial charge in [-0.2, -0.15) is 0 Å². The quantitative estimate of drug-likeness (QED) is 0.715. The summed E-state index contributed by atoms with van der Waals surface area (Å²) in [6.07, 6.45) is 0. The van der Waals surface area contributed by atoms with Gasteiger partial charge in [-0.25, -0.2) is 4.79 Å². The van der Waals surface area contributed by atoms with Crippen molar-refractivity contribution in [3.05, 3.63) is 69.5 Å². The summed E-state index contributed by atoms with van der Waals surface area (Å²) in [5.74, 6) is 0.0890. The van der Waals surface area contributed by atoms with E-state index in [0.717, 1.165) is 47.8 Å². The predicted octanol–water partition coefficient (Wildman–Crippen LogP) is 3.47. The minimum Gasteiger partial charge on any atom is -0.508 e. The Balaban J connectivity index is 1.51. The molecule has 0 unspecified atom stereocenters. The number of hydrogen-bond acceptors (Lipinski definition) is 5. The molecule has 0 amide bonds. The lowest BCUT2D eigenvalue weighted by Gasteiger charge is -2.36. The van der Waals surface area contributed by atoms with Crippen molar-refractivity contribution in [1.29, 1.82) is 0 Å². The number of hydrogen-bond donors (Lipinski definition) is 1. The average Bonchev–Trinajstić information content (AvgIpc) is 2.62. The van der Waals surface area contributed by atoms with Crippen LogP contribution in [0.5, 0.6) is 5.75 Å². The summed E-state index contributed by atoms with van der Waals surface area (Å²) in [6, 6.07) is 14.3. The van der Waals surface area contributed by atoms with Crippen LogP contribution in [0.3, 0.4) is 0 Å². The highest BCUT2D eigenvalue weighted by molar-refractivity contribution is 6.33. The third kappa shape index (κ3) is 3.41. The van der Waals surface area contributed by atoms with Gasteiger partial charge in [-0.05, 0) is 29.8 Å². The van der Waals surface area contributed by atoms with Crippen LogP contribution in [-0.4, -0.2) is 36.2 Å². The summed E-state index contributed by atoms with van der Waals surface area (Å²) in [7, 11) is 0. The van der Waals surface area contributed by atoms with Crippen LogP contribution >= 0.6 is 11.6 Å². The van der Waals surface area contributed by atoms with E-state index in [1.807, 2.05) is 24.3 Å². The summed E-state index contributed by atoms with van der Waals surface area (Å²) >= 11 is 6.30. The lowest BCUT2D eigenvalue weighted by molar-refractivity contribution is 0.250. The molecule has 1 N–H and O–H groups in total. The van der Waals surface area contributed by atoms with Crippen LogP contribution in [0.15, 0.2) is 57.7 Å². The Morgan fingerprint density at radius 2 is 1.81 bits per heavy atom. The maximum atomic E-state index is 11.8. The van der Waals surface area contributed by atoms with Gasteiger partial charge in [0, 0.05) is 50.2 Å². The van der Waals surface area contributed by atoms with Crippen molar-refractivity contribution in [3.63, 3.8) is 0 Å². The average molecular weight is 371 g/mol. The minimum absolute atomic E-state index is 0.0890. The molecule has 2 heterocycles. The molecule has 134 valence electrons. The van der Waals surface area contributed by atoms with Crippen LogP contribution in [0.2, 0.25) is 5.02 Å². The third-order valence-corrected chi connectivity index (χ3v) is 5.09. The Kier molecular flexibility index (Phi) is 4.57. The van der Waals surface area contributed by atoms with E-state index in [1.54, 1.807) is 18.2 Å². The molecule has 0 bridgehead atoms. The number of phenolic OH excluding ortho intramolecular Hbond substituents is 1. The van der Waals surface area contributed by atoms with E-state index >= 15 is 0 Å². The minimum atomic E-state index is -0.396. The van der Waals surface area contributed by atoms with E-state index in [9.17, 15) is 9.90 Å². The predicted molar refractivity (Wildman–Crippen MR) is 103 cm³/mol. The number of benzene rings is 2. The van der Waals surface area contributed by atoms with Crippen molar-refractivity contribution in [2.24, 2.45) is 0 Å². The van der Waals surface area contributed by atoms with E-state index in [2.05, 4.69) is 9.80 Å². The highest BCUT2D eigenvalue weighted by Crippen LogP contribution is 2.27. The molecule has 0 radical (unpaired) electrons. The van der Waals surface area contributed by atoms with Crippen molar-refractivity contribution in [2.45, 2.75) is 6.54 Å². The third-order valence-electron chi connectivity index (χ3n) is 4.77. The van der Waals surface area contributed by atoms with E-state index in [1.165, 1.54) is 6.07 Å². The van der Waals surface area contributed by atoms with Crippen molar-refractivity contribution in [2.75, 3.05) is 31.1 Å². The monoisotopic (exact) mass is 370 g/mol. The van der Waals surface area contributed by atoms with Crippen LogP contribution in [0.4, 0.5) is 5.69 Å². The number of anilines is 1. The molecule has 0 saturated carbocycles. The van der Waals surface area contributed by atoms with Gasteiger partial charge in [0.05, 0.1) is 10.7 Å². The van der Waals surface area contributed by atoms with Crippen molar-refractivity contribution >= 4 is 28.3 Å². The smallest absolute Gasteiger partial charge is 0.336 e. The number of aromatic hydroxyl groups is 1. The summed E-state index contributed by atoms with van der Waals surface area (Å²) in [5.41, 5.74) is 2.01. The van der Waals surface area contributed by atoms with Crippen LogP contribution in [0.1, 0.15) is 5.56 Å². The van der Waals surface area contributed by atoms with Crippen molar-refractivity contribution < 1.29 is 9.52 Å². The second-order valence-corrected chi connectivity index (χ2v) is 6.89. The van der Waals surface area contributed by atoms with E-state index in [0.29, 0.717) is 12.1 Å². The summed E-state index contributed by atoms with van der Waals surface area (Å²) < 4.78 is 5.20. The molecule has 1 aromatic heterocycles. The molecule has 5 nitrogen and oxygen atoms in total. The van der Waals surface area contributed by atoms with Gasteiger partial charge >= 0.3 is 5.63 Å². The van der Waals surface area contributed by atoms with Gasteiger partial charge in [0.25, 0.3) is 0 Å². The zero-order valence-electron chi connectivity index (χ0n) is 14.2. The molecule has 1 fully saturated rings. The zero-order valence-corrected chi connectivity index (χ0v) is 14.9. The molecular weight excluding hydrogens is 352 g/mol. The SMILES string of the molecule is O=c1cc(CN2CCN(c3ccccc3Cl)CC2)c2ccc(O)cc2o1. The van der Waals surface area contributed by atoms with Gasteiger partial charge in [-0.1, -0.05) is 23.7 Å². The Hall–Kier alpha value is -2.50. The first kappa shape index (κ1) is 16.9. The summed E-state index contributed by atoms with van der Waals surface area (Å²) in [4.78, 5) is 16.4. The molecule has 0 aliphatic carbocycles. The van der Waals surface area contributed by atoms with Gasteiger partial charge < -0.3 is 14.4 Å². The molecule has 4 rings (SSSR count). The van der Waals surface area contributed by atoms with Gasteiger partial charge in [-0.3, -0.25) is 4.90 Å². The largest absolute Gasteiger partial charge is 0.508 e. The summed E-state index contributed by atoms with van der Waals surface area (Å²) in [6.45, 7) is 4.19.